The Balaban J connectivity index is 1.33. The van der Waals surface area contributed by atoms with Crippen LogP contribution in [0.3, 0.4) is 0 Å². The molecule has 176 valence electrons. The minimum Gasteiger partial charge on any atom is -0.495 e. The Morgan fingerprint density at radius 1 is 0.971 bits per heavy atom. The van der Waals surface area contributed by atoms with E-state index >= 15 is 0 Å². The van der Waals surface area contributed by atoms with Crippen LogP contribution in [0.5, 0.6) is 11.5 Å². The third-order valence-electron chi connectivity index (χ3n) is 6.33. The van der Waals surface area contributed by atoms with Crippen LogP contribution >= 0.6 is 11.6 Å². The lowest BCUT2D eigenvalue weighted by molar-refractivity contribution is -0.0612. The second kappa shape index (κ2) is 10.0. The molecule has 0 bridgehead atoms. The molecule has 5 rings (SSSR count). The van der Waals surface area contributed by atoms with E-state index in [4.69, 9.17) is 25.8 Å². The van der Waals surface area contributed by atoms with Crippen molar-refractivity contribution in [1.82, 2.24) is 14.9 Å². The van der Waals surface area contributed by atoms with E-state index in [1.165, 1.54) is 11.1 Å². The van der Waals surface area contributed by atoms with Crippen LogP contribution < -0.4 is 14.8 Å². The van der Waals surface area contributed by atoms with Crippen LogP contribution in [-0.2, 0) is 4.74 Å². The van der Waals surface area contributed by atoms with E-state index in [1.54, 1.807) is 32.7 Å². The summed E-state index contributed by atoms with van der Waals surface area (Å²) >= 11 is 6.14. The van der Waals surface area contributed by atoms with Crippen LogP contribution in [0.25, 0.3) is 16.7 Å². The molecule has 0 aliphatic carbocycles. The topological polar surface area (TPSA) is 68.7 Å². The molecule has 2 aliphatic rings. The third-order valence-corrected chi connectivity index (χ3v) is 6.64. The second-order valence-corrected chi connectivity index (χ2v) is 8.76. The molecule has 0 spiro atoms. The van der Waals surface area contributed by atoms with Gasteiger partial charge in [0.25, 0.3) is 0 Å². The summed E-state index contributed by atoms with van der Waals surface area (Å²) in [5, 5.41) is 3.88. The summed E-state index contributed by atoms with van der Waals surface area (Å²) in [5.74, 6) is 1.85. The van der Waals surface area contributed by atoms with Gasteiger partial charge < -0.3 is 19.5 Å². The first kappa shape index (κ1) is 22.7. The lowest BCUT2D eigenvalue weighted by atomic mass is 9.97. The van der Waals surface area contributed by atoms with Crippen LogP contribution in [0.15, 0.2) is 54.9 Å². The zero-order chi connectivity index (χ0) is 23.5. The van der Waals surface area contributed by atoms with Crippen molar-refractivity contribution in [2.45, 2.75) is 12.5 Å². The number of anilines is 2. The lowest BCUT2D eigenvalue weighted by Gasteiger charge is -2.38. The summed E-state index contributed by atoms with van der Waals surface area (Å²) in [4.78, 5) is 11.5. The highest BCUT2D eigenvalue weighted by atomic mass is 35.5. The number of nitrogens with one attached hydrogen (secondary N) is 1. The average Bonchev–Trinajstić information content (AvgIpc) is 2.84. The summed E-state index contributed by atoms with van der Waals surface area (Å²) < 4.78 is 16.2. The number of halogens is 1. The molecule has 8 heteroatoms. The van der Waals surface area contributed by atoms with Gasteiger partial charge >= 0.3 is 0 Å². The Kier molecular flexibility index (Phi) is 6.67. The molecule has 1 saturated heterocycles. The highest BCUT2D eigenvalue weighted by Gasteiger charge is 2.27. The fraction of sp³-hybridized carbons (Fsp3) is 0.308. The molecule has 0 radical (unpaired) electrons. The van der Waals surface area contributed by atoms with E-state index < -0.39 is 0 Å². The van der Waals surface area contributed by atoms with E-state index in [9.17, 15) is 0 Å². The van der Waals surface area contributed by atoms with E-state index in [0.717, 1.165) is 55.3 Å². The van der Waals surface area contributed by atoms with Crippen molar-refractivity contribution >= 4 is 28.8 Å². The monoisotopic (exact) mass is 478 g/mol. The van der Waals surface area contributed by atoms with Crippen molar-refractivity contribution < 1.29 is 14.2 Å². The predicted octanol–water partition coefficient (Wildman–Crippen LogP) is 5.05. The normalized spacial score (nSPS) is 16.5. The van der Waals surface area contributed by atoms with Gasteiger partial charge in [0, 0.05) is 31.0 Å². The number of ether oxygens (including phenoxy) is 3. The zero-order valence-corrected chi connectivity index (χ0v) is 20.0. The molecule has 34 heavy (non-hydrogen) atoms. The third kappa shape index (κ3) is 4.73. The van der Waals surface area contributed by atoms with Crippen LogP contribution in [0.4, 0.5) is 11.6 Å². The molecule has 1 fully saturated rings. The van der Waals surface area contributed by atoms with Gasteiger partial charge in [-0.1, -0.05) is 29.8 Å². The van der Waals surface area contributed by atoms with Gasteiger partial charge in [-0.3, -0.25) is 4.90 Å². The Morgan fingerprint density at radius 3 is 2.38 bits per heavy atom. The highest BCUT2D eigenvalue weighted by molar-refractivity contribution is 6.32. The van der Waals surface area contributed by atoms with Crippen LogP contribution in [0.2, 0.25) is 5.02 Å². The van der Waals surface area contributed by atoms with E-state index in [0.29, 0.717) is 22.8 Å². The fourth-order valence-electron chi connectivity index (χ4n) is 4.22. The second-order valence-electron chi connectivity index (χ2n) is 8.35. The largest absolute Gasteiger partial charge is 0.495 e. The van der Waals surface area contributed by atoms with Crippen molar-refractivity contribution in [2.75, 3.05) is 45.8 Å². The molecule has 1 N–H and O–H groups in total. The molecule has 3 heterocycles. The molecule has 0 atom stereocenters. The van der Waals surface area contributed by atoms with E-state index in [1.807, 2.05) is 18.2 Å². The Morgan fingerprint density at radius 2 is 1.74 bits per heavy atom. The van der Waals surface area contributed by atoms with Gasteiger partial charge in [-0.25, -0.2) is 9.97 Å². The number of hydrogen-bond donors (Lipinski definition) is 1. The van der Waals surface area contributed by atoms with Gasteiger partial charge in [0.15, 0.2) is 0 Å². The van der Waals surface area contributed by atoms with Crippen molar-refractivity contribution in [3.63, 3.8) is 0 Å². The highest BCUT2D eigenvalue weighted by Crippen LogP contribution is 2.34. The average molecular weight is 479 g/mol. The molecular weight excluding hydrogens is 452 g/mol. The van der Waals surface area contributed by atoms with E-state index in [2.05, 4.69) is 38.4 Å². The number of nitrogens with zero attached hydrogens (tertiary/aromatic N) is 3. The number of rotatable bonds is 7. The maximum atomic E-state index is 6.14. The molecule has 2 aromatic carbocycles. The summed E-state index contributed by atoms with van der Waals surface area (Å²) in [5.41, 5.74) is 5.15. The first-order valence-corrected chi connectivity index (χ1v) is 11.6. The predicted molar refractivity (Wildman–Crippen MR) is 134 cm³/mol. The number of benzene rings is 2. The summed E-state index contributed by atoms with van der Waals surface area (Å²) in [6.45, 7) is 3.71. The summed E-state index contributed by atoms with van der Waals surface area (Å²) in [6.07, 6.45) is 6.88. The van der Waals surface area contributed by atoms with Crippen LogP contribution in [-0.4, -0.2) is 61.4 Å². The lowest BCUT2D eigenvalue weighted by Crippen LogP contribution is -2.50. The smallest absolute Gasteiger partial charge is 0.227 e. The minimum atomic E-state index is 0.494. The Labute approximate surface area is 204 Å². The summed E-state index contributed by atoms with van der Waals surface area (Å²) in [6, 6.07) is 12.4. The molecule has 2 aliphatic heterocycles. The first-order chi connectivity index (χ1) is 16.6. The van der Waals surface area contributed by atoms with Gasteiger partial charge in [-0.2, -0.15) is 0 Å². The van der Waals surface area contributed by atoms with Gasteiger partial charge in [-0.15, -0.1) is 0 Å². The van der Waals surface area contributed by atoms with Gasteiger partial charge in [0.1, 0.15) is 11.5 Å². The van der Waals surface area contributed by atoms with Crippen LogP contribution in [0.1, 0.15) is 12.0 Å². The van der Waals surface area contributed by atoms with Gasteiger partial charge in [0.05, 0.1) is 44.2 Å². The molecular formula is C26H27ClN4O3. The molecule has 0 amide bonds. The van der Waals surface area contributed by atoms with E-state index in [-0.39, 0.29) is 0 Å². The van der Waals surface area contributed by atoms with Crippen molar-refractivity contribution in [3.05, 3.63) is 65.5 Å². The molecule has 3 aromatic rings. The minimum absolute atomic E-state index is 0.494. The maximum absolute atomic E-state index is 6.14. The summed E-state index contributed by atoms with van der Waals surface area (Å²) in [7, 11) is 3.26. The molecule has 0 unspecified atom stereocenters. The number of methoxy groups -OCH3 is 2. The van der Waals surface area contributed by atoms with Crippen molar-refractivity contribution in [3.8, 4) is 22.6 Å². The molecule has 1 aromatic heterocycles. The molecule has 7 nitrogen and oxygen atoms in total. The van der Waals surface area contributed by atoms with Crippen molar-refractivity contribution in [1.29, 1.82) is 0 Å². The van der Waals surface area contributed by atoms with Gasteiger partial charge in [0.2, 0.25) is 5.95 Å². The standard InChI is InChI=1S/C26H27ClN4O3/c1-32-24-6-4-18(17-7-9-31(10-8-17)21-15-34-16-21)11-23(24)30-26-28-13-20(14-29-26)19-3-5-22(27)25(12-19)33-2/h3-7,11-14,21H,8-10,15-16H2,1-2H3,(H,28,29,30). The fourth-order valence-corrected chi connectivity index (χ4v) is 4.41. The van der Waals surface area contributed by atoms with Gasteiger partial charge in [-0.05, 0) is 47.4 Å². The van der Waals surface area contributed by atoms with Crippen LogP contribution in [0, 0.1) is 0 Å². The zero-order valence-electron chi connectivity index (χ0n) is 19.3. The van der Waals surface area contributed by atoms with Crippen molar-refractivity contribution in [2.24, 2.45) is 0 Å². The number of hydrogen-bond acceptors (Lipinski definition) is 7. The quantitative estimate of drug-likeness (QED) is 0.509. The first-order valence-electron chi connectivity index (χ1n) is 11.3. The molecule has 0 saturated carbocycles. The SMILES string of the molecule is COc1cc(-c2cnc(Nc3cc(C4=CCN(C5COC5)CC4)ccc3OC)nc2)ccc1Cl. The Bertz CT molecular complexity index is 1200. The Hall–Kier alpha value is -3.13. The number of aromatic nitrogens is 2. The maximum Gasteiger partial charge on any atom is 0.227 e.